The summed E-state index contributed by atoms with van der Waals surface area (Å²) in [5.74, 6) is 0. The average molecular weight is 328 g/mol. The van der Waals surface area contributed by atoms with Crippen molar-refractivity contribution in [1.82, 2.24) is 9.88 Å². The highest BCUT2D eigenvalue weighted by atomic mass is 15.0. The molecule has 0 atom stereocenters. The van der Waals surface area contributed by atoms with Crippen LogP contribution in [0.1, 0.15) is 11.1 Å². The molecule has 2 nitrogen and oxygen atoms in total. The summed E-state index contributed by atoms with van der Waals surface area (Å²) < 4.78 is 0. The van der Waals surface area contributed by atoms with Gasteiger partial charge in [-0.25, -0.2) is 0 Å². The fourth-order valence-electron chi connectivity index (χ4n) is 3.55. The minimum Gasteiger partial charge on any atom is -0.354 e. The summed E-state index contributed by atoms with van der Waals surface area (Å²) in [4.78, 5) is 5.93. The molecule has 1 heterocycles. The first kappa shape index (κ1) is 15.9. The van der Waals surface area contributed by atoms with Crippen LogP contribution in [0.2, 0.25) is 0 Å². The predicted molar refractivity (Wildman–Crippen MR) is 108 cm³/mol. The van der Waals surface area contributed by atoms with Gasteiger partial charge in [-0.3, -0.25) is 0 Å². The maximum absolute atomic E-state index is 3.68. The lowest BCUT2D eigenvalue weighted by atomic mass is 9.99. The van der Waals surface area contributed by atoms with E-state index in [2.05, 4.69) is 91.6 Å². The Morgan fingerprint density at radius 1 is 0.880 bits per heavy atom. The predicted octanol–water partition coefficient (Wildman–Crippen LogP) is 5.40. The molecule has 126 valence electrons. The van der Waals surface area contributed by atoms with E-state index < -0.39 is 0 Å². The number of hydrogen-bond acceptors (Lipinski definition) is 1. The summed E-state index contributed by atoms with van der Waals surface area (Å²) in [5, 5.41) is 3.92. The summed E-state index contributed by atoms with van der Waals surface area (Å²) >= 11 is 0. The van der Waals surface area contributed by atoms with Gasteiger partial charge in [-0.2, -0.15) is 0 Å². The van der Waals surface area contributed by atoms with E-state index in [9.17, 15) is 0 Å². The molecular formula is C23H24N2. The Morgan fingerprint density at radius 2 is 1.68 bits per heavy atom. The van der Waals surface area contributed by atoms with Gasteiger partial charge in [-0.15, -0.1) is 0 Å². The highest BCUT2D eigenvalue weighted by molar-refractivity contribution is 5.94. The molecule has 1 aromatic heterocycles. The summed E-state index contributed by atoms with van der Waals surface area (Å²) in [6.07, 6.45) is 1.04. The Kier molecular flexibility index (Phi) is 4.06. The second-order valence-corrected chi connectivity index (χ2v) is 7.14. The number of aromatic amines is 1. The van der Waals surface area contributed by atoms with E-state index in [0.29, 0.717) is 0 Å². The first-order valence-electron chi connectivity index (χ1n) is 8.87. The molecule has 0 unspecified atom stereocenters. The lowest BCUT2D eigenvalue weighted by molar-refractivity contribution is 0.414. The molecule has 0 fully saturated rings. The van der Waals surface area contributed by atoms with E-state index in [-0.39, 0.29) is 0 Å². The molecule has 3 aromatic carbocycles. The smallest absolute Gasteiger partial charge is 0.0498 e. The second-order valence-electron chi connectivity index (χ2n) is 7.14. The van der Waals surface area contributed by atoms with Gasteiger partial charge in [-0.1, -0.05) is 48.0 Å². The van der Waals surface area contributed by atoms with Crippen molar-refractivity contribution in [2.24, 2.45) is 0 Å². The van der Waals surface area contributed by atoms with Gasteiger partial charge in [0.25, 0.3) is 0 Å². The monoisotopic (exact) mass is 328 g/mol. The first-order chi connectivity index (χ1) is 12.1. The molecule has 25 heavy (non-hydrogen) atoms. The van der Waals surface area contributed by atoms with Gasteiger partial charge in [0.2, 0.25) is 0 Å². The number of H-pyrrole nitrogens is 1. The maximum Gasteiger partial charge on any atom is 0.0498 e. The summed E-state index contributed by atoms with van der Waals surface area (Å²) in [6.45, 7) is 3.21. The highest BCUT2D eigenvalue weighted by Gasteiger charge is 2.14. The van der Waals surface area contributed by atoms with Gasteiger partial charge in [0.15, 0.2) is 0 Å². The molecule has 0 aliphatic rings. The molecule has 0 aliphatic heterocycles. The quantitative estimate of drug-likeness (QED) is 0.531. The minimum atomic E-state index is 1.04. The largest absolute Gasteiger partial charge is 0.354 e. The Morgan fingerprint density at radius 3 is 2.48 bits per heavy atom. The van der Waals surface area contributed by atoms with Crippen molar-refractivity contribution in [3.05, 3.63) is 71.8 Å². The normalized spacial score (nSPS) is 11.7. The van der Waals surface area contributed by atoms with E-state index in [1.165, 1.54) is 44.1 Å². The SMILES string of the molecule is Cc1ccc2[nH]c(-c3ccc4ccccc4c3)c(CCN(C)C)c2c1. The molecule has 0 saturated carbocycles. The fourth-order valence-corrected chi connectivity index (χ4v) is 3.55. The van der Waals surface area contributed by atoms with Crippen molar-refractivity contribution in [1.29, 1.82) is 0 Å². The third-order valence-corrected chi connectivity index (χ3v) is 4.91. The second kappa shape index (κ2) is 6.38. The van der Waals surface area contributed by atoms with Crippen molar-refractivity contribution >= 4 is 21.7 Å². The van der Waals surface area contributed by atoms with E-state index in [0.717, 1.165) is 13.0 Å². The maximum atomic E-state index is 3.68. The molecule has 1 N–H and O–H groups in total. The van der Waals surface area contributed by atoms with Gasteiger partial charge in [-0.05, 0) is 67.5 Å². The molecule has 0 spiro atoms. The third kappa shape index (κ3) is 3.06. The Bertz CT molecular complexity index is 1040. The summed E-state index contributed by atoms with van der Waals surface area (Å²) in [7, 11) is 4.27. The molecular weight excluding hydrogens is 304 g/mol. The van der Waals surface area contributed by atoms with Crippen molar-refractivity contribution in [3.63, 3.8) is 0 Å². The number of benzene rings is 3. The van der Waals surface area contributed by atoms with E-state index in [1.807, 2.05) is 0 Å². The number of aromatic nitrogens is 1. The van der Waals surface area contributed by atoms with Crippen LogP contribution in [0.4, 0.5) is 0 Å². The van der Waals surface area contributed by atoms with Crippen LogP contribution in [0.3, 0.4) is 0 Å². The minimum absolute atomic E-state index is 1.04. The zero-order valence-electron chi connectivity index (χ0n) is 15.1. The highest BCUT2D eigenvalue weighted by Crippen LogP contribution is 2.33. The zero-order valence-corrected chi connectivity index (χ0v) is 15.1. The number of likely N-dealkylation sites (N-methyl/N-ethyl adjacent to an activating group) is 1. The molecule has 0 bridgehead atoms. The first-order valence-corrected chi connectivity index (χ1v) is 8.87. The lowest BCUT2D eigenvalue weighted by Gasteiger charge is -2.11. The number of aryl methyl sites for hydroxylation is 1. The summed E-state index contributed by atoms with van der Waals surface area (Å²) in [6, 6.07) is 22.0. The van der Waals surface area contributed by atoms with Crippen LogP contribution >= 0.6 is 0 Å². The third-order valence-electron chi connectivity index (χ3n) is 4.91. The van der Waals surface area contributed by atoms with Gasteiger partial charge >= 0.3 is 0 Å². The number of nitrogens with one attached hydrogen (secondary N) is 1. The number of nitrogens with zero attached hydrogens (tertiary/aromatic N) is 1. The molecule has 0 amide bonds. The Balaban J connectivity index is 1.90. The van der Waals surface area contributed by atoms with Crippen molar-refractivity contribution < 1.29 is 0 Å². The van der Waals surface area contributed by atoms with E-state index in [4.69, 9.17) is 0 Å². The topological polar surface area (TPSA) is 19.0 Å². The number of fused-ring (bicyclic) bond motifs is 2. The molecule has 2 heteroatoms. The molecule has 0 radical (unpaired) electrons. The molecule has 4 aromatic rings. The number of rotatable bonds is 4. The standard InChI is InChI=1S/C23H24N2/c1-16-8-11-22-21(14-16)20(12-13-25(2)3)23(24-22)19-10-9-17-6-4-5-7-18(17)15-19/h4-11,14-15,24H,12-13H2,1-3H3. The van der Waals surface area contributed by atoms with Crippen molar-refractivity contribution in [2.45, 2.75) is 13.3 Å². The molecule has 0 aliphatic carbocycles. The zero-order chi connectivity index (χ0) is 17.4. The Hall–Kier alpha value is -2.58. The van der Waals surface area contributed by atoms with Crippen molar-refractivity contribution in [2.75, 3.05) is 20.6 Å². The van der Waals surface area contributed by atoms with E-state index >= 15 is 0 Å². The van der Waals surface area contributed by atoms with Crippen LogP contribution in [-0.2, 0) is 6.42 Å². The Labute approximate surface area is 149 Å². The van der Waals surface area contributed by atoms with Crippen LogP contribution in [-0.4, -0.2) is 30.5 Å². The number of hydrogen-bond donors (Lipinski definition) is 1. The van der Waals surface area contributed by atoms with Crippen LogP contribution in [0.5, 0.6) is 0 Å². The lowest BCUT2D eigenvalue weighted by Crippen LogP contribution is -2.15. The van der Waals surface area contributed by atoms with Gasteiger partial charge in [0, 0.05) is 23.1 Å². The van der Waals surface area contributed by atoms with E-state index in [1.54, 1.807) is 0 Å². The van der Waals surface area contributed by atoms with Crippen LogP contribution in [0.25, 0.3) is 32.9 Å². The van der Waals surface area contributed by atoms with Gasteiger partial charge < -0.3 is 9.88 Å². The van der Waals surface area contributed by atoms with Crippen LogP contribution in [0.15, 0.2) is 60.7 Å². The summed E-state index contributed by atoms with van der Waals surface area (Å²) in [5.41, 5.74) is 6.47. The van der Waals surface area contributed by atoms with Crippen molar-refractivity contribution in [3.8, 4) is 11.3 Å². The molecule has 4 rings (SSSR count). The fraction of sp³-hybridized carbons (Fsp3) is 0.217. The molecule has 0 saturated heterocycles. The van der Waals surface area contributed by atoms with Gasteiger partial charge in [0.1, 0.15) is 0 Å². The average Bonchev–Trinajstić information content (AvgIpc) is 2.97. The van der Waals surface area contributed by atoms with Crippen LogP contribution < -0.4 is 0 Å². The van der Waals surface area contributed by atoms with Gasteiger partial charge in [0.05, 0.1) is 0 Å². The van der Waals surface area contributed by atoms with Crippen LogP contribution in [0, 0.1) is 6.92 Å².